The predicted octanol–water partition coefficient (Wildman–Crippen LogP) is 4.77. The lowest BCUT2D eigenvalue weighted by atomic mass is 9.97. The minimum atomic E-state index is -0.141. The lowest BCUT2D eigenvalue weighted by Gasteiger charge is -2.19. The lowest BCUT2D eigenvalue weighted by molar-refractivity contribution is 1.04. The van der Waals surface area contributed by atoms with Crippen molar-refractivity contribution in [3.05, 3.63) is 52.0 Å². The van der Waals surface area contributed by atoms with Gasteiger partial charge in [0.05, 0.1) is 5.38 Å². The Bertz CT molecular complexity index is 418. The molecular formula is C12H9Cl3. The van der Waals surface area contributed by atoms with Gasteiger partial charge in [-0.15, -0.1) is 11.6 Å². The summed E-state index contributed by atoms with van der Waals surface area (Å²) in [7, 11) is 0. The van der Waals surface area contributed by atoms with Crippen molar-refractivity contribution < 1.29 is 0 Å². The van der Waals surface area contributed by atoms with Crippen molar-refractivity contribution in [2.24, 2.45) is 0 Å². The highest BCUT2D eigenvalue weighted by Crippen LogP contribution is 2.37. The minimum absolute atomic E-state index is 0.141. The van der Waals surface area contributed by atoms with Crippen LogP contribution < -0.4 is 0 Å². The van der Waals surface area contributed by atoms with Crippen LogP contribution in [-0.2, 0) is 0 Å². The SMILES string of the molecule is ClC1=CC(Cl)=C(c2ccccc2)[C@@H](Cl)C1. The molecule has 0 saturated heterocycles. The molecule has 78 valence electrons. The Balaban J connectivity index is 2.48. The molecule has 1 aromatic carbocycles. The predicted molar refractivity (Wildman–Crippen MR) is 67.4 cm³/mol. The molecule has 0 aliphatic heterocycles. The number of allylic oxidation sites excluding steroid dienone is 4. The Labute approximate surface area is 104 Å². The zero-order valence-electron chi connectivity index (χ0n) is 7.88. The molecule has 1 aliphatic rings. The second-order valence-electron chi connectivity index (χ2n) is 3.39. The molecule has 0 amide bonds. The summed E-state index contributed by atoms with van der Waals surface area (Å²) in [5.41, 5.74) is 2.02. The normalized spacial score (nSPS) is 21.5. The molecule has 1 atom stereocenters. The average molecular weight is 260 g/mol. The molecule has 0 nitrogen and oxygen atoms in total. The van der Waals surface area contributed by atoms with E-state index in [-0.39, 0.29) is 5.38 Å². The van der Waals surface area contributed by atoms with Crippen LogP contribution in [0.4, 0.5) is 0 Å². The van der Waals surface area contributed by atoms with Gasteiger partial charge in [-0.05, 0) is 17.2 Å². The monoisotopic (exact) mass is 258 g/mol. The summed E-state index contributed by atoms with van der Waals surface area (Å²) in [5, 5.41) is 1.20. The molecule has 0 N–H and O–H groups in total. The Kier molecular flexibility index (Phi) is 3.40. The third kappa shape index (κ3) is 2.39. The van der Waals surface area contributed by atoms with Gasteiger partial charge in [0.1, 0.15) is 0 Å². The number of halogens is 3. The summed E-state index contributed by atoms with van der Waals surface area (Å²) in [6, 6.07) is 9.90. The van der Waals surface area contributed by atoms with Crippen LogP contribution in [0.15, 0.2) is 46.5 Å². The van der Waals surface area contributed by atoms with Crippen LogP contribution in [0, 0.1) is 0 Å². The second-order valence-corrected chi connectivity index (χ2v) is 4.81. The third-order valence-electron chi connectivity index (χ3n) is 2.31. The molecule has 3 heteroatoms. The average Bonchev–Trinajstić information content (AvgIpc) is 2.17. The van der Waals surface area contributed by atoms with Crippen molar-refractivity contribution in [3.63, 3.8) is 0 Å². The number of hydrogen-bond donors (Lipinski definition) is 0. The Morgan fingerprint density at radius 2 is 1.73 bits per heavy atom. The highest BCUT2D eigenvalue weighted by atomic mass is 35.5. The van der Waals surface area contributed by atoms with E-state index >= 15 is 0 Å². The zero-order valence-corrected chi connectivity index (χ0v) is 10.2. The van der Waals surface area contributed by atoms with Gasteiger partial charge >= 0.3 is 0 Å². The van der Waals surface area contributed by atoms with Gasteiger partial charge in [0, 0.05) is 16.5 Å². The first-order chi connectivity index (χ1) is 7.18. The fraction of sp³-hybridized carbons (Fsp3) is 0.167. The quantitative estimate of drug-likeness (QED) is 0.637. The van der Waals surface area contributed by atoms with Gasteiger partial charge in [-0.25, -0.2) is 0 Å². The van der Waals surface area contributed by atoms with Gasteiger partial charge in [-0.2, -0.15) is 0 Å². The Morgan fingerprint density at radius 3 is 2.33 bits per heavy atom. The molecule has 0 heterocycles. The molecule has 0 spiro atoms. The lowest BCUT2D eigenvalue weighted by Crippen LogP contribution is -2.07. The van der Waals surface area contributed by atoms with Crippen molar-refractivity contribution >= 4 is 40.4 Å². The molecule has 0 saturated carbocycles. The molecule has 0 unspecified atom stereocenters. The first-order valence-corrected chi connectivity index (χ1v) is 5.83. The van der Waals surface area contributed by atoms with E-state index in [0.717, 1.165) is 11.1 Å². The molecule has 1 aliphatic carbocycles. The zero-order chi connectivity index (χ0) is 10.8. The first kappa shape index (κ1) is 11.1. The molecular weight excluding hydrogens is 250 g/mol. The van der Waals surface area contributed by atoms with Gasteiger partial charge in [-0.3, -0.25) is 0 Å². The van der Waals surface area contributed by atoms with Gasteiger partial charge in [0.2, 0.25) is 0 Å². The summed E-state index contributed by atoms with van der Waals surface area (Å²) in [6.45, 7) is 0. The van der Waals surface area contributed by atoms with E-state index < -0.39 is 0 Å². The highest BCUT2D eigenvalue weighted by molar-refractivity contribution is 6.40. The maximum atomic E-state index is 6.24. The Morgan fingerprint density at radius 1 is 1.07 bits per heavy atom. The van der Waals surface area contributed by atoms with Gasteiger partial charge in [0.15, 0.2) is 0 Å². The number of rotatable bonds is 1. The fourth-order valence-electron chi connectivity index (χ4n) is 1.63. The Hall–Kier alpha value is -0.430. The van der Waals surface area contributed by atoms with E-state index in [4.69, 9.17) is 34.8 Å². The largest absolute Gasteiger partial charge is 0.117 e. The second kappa shape index (κ2) is 4.61. The minimum Gasteiger partial charge on any atom is -0.117 e. The van der Waals surface area contributed by atoms with Gasteiger partial charge in [0.25, 0.3) is 0 Å². The third-order valence-corrected chi connectivity index (χ3v) is 3.26. The van der Waals surface area contributed by atoms with E-state index in [1.807, 2.05) is 30.3 Å². The van der Waals surface area contributed by atoms with Crippen LogP contribution >= 0.6 is 34.8 Å². The van der Waals surface area contributed by atoms with E-state index in [0.29, 0.717) is 16.5 Å². The van der Waals surface area contributed by atoms with Crippen molar-refractivity contribution in [2.75, 3.05) is 0 Å². The number of benzene rings is 1. The van der Waals surface area contributed by atoms with Crippen LogP contribution in [0.2, 0.25) is 0 Å². The topological polar surface area (TPSA) is 0 Å². The van der Waals surface area contributed by atoms with E-state index in [9.17, 15) is 0 Å². The molecule has 2 rings (SSSR count). The van der Waals surface area contributed by atoms with E-state index in [1.54, 1.807) is 6.08 Å². The fourth-order valence-corrected chi connectivity index (χ4v) is 2.87. The van der Waals surface area contributed by atoms with Crippen LogP contribution in [0.25, 0.3) is 5.57 Å². The highest BCUT2D eigenvalue weighted by Gasteiger charge is 2.21. The molecule has 0 bridgehead atoms. The van der Waals surface area contributed by atoms with Gasteiger partial charge in [-0.1, -0.05) is 53.5 Å². The van der Waals surface area contributed by atoms with Crippen molar-refractivity contribution in [2.45, 2.75) is 11.8 Å². The summed E-state index contributed by atoms with van der Waals surface area (Å²) in [6.07, 6.45) is 2.41. The van der Waals surface area contributed by atoms with E-state index in [1.165, 1.54) is 0 Å². The van der Waals surface area contributed by atoms with E-state index in [2.05, 4.69) is 0 Å². The molecule has 0 aromatic heterocycles. The van der Waals surface area contributed by atoms with Crippen LogP contribution in [0.5, 0.6) is 0 Å². The number of hydrogen-bond acceptors (Lipinski definition) is 0. The maximum absolute atomic E-state index is 6.24. The summed E-state index contributed by atoms with van der Waals surface area (Å²) in [5.74, 6) is 0. The molecule has 0 radical (unpaired) electrons. The van der Waals surface area contributed by atoms with Crippen LogP contribution in [0.3, 0.4) is 0 Å². The molecule has 0 fully saturated rings. The molecule has 1 aromatic rings. The van der Waals surface area contributed by atoms with Crippen molar-refractivity contribution in [1.29, 1.82) is 0 Å². The summed E-state index contributed by atoms with van der Waals surface area (Å²) < 4.78 is 0. The van der Waals surface area contributed by atoms with Crippen molar-refractivity contribution in [3.8, 4) is 0 Å². The first-order valence-electron chi connectivity index (χ1n) is 4.63. The number of alkyl halides is 1. The van der Waals surface area contributed by atoms with Gasteiger partial charge < -0.3 is 0 Å². The smallest absolute Gasteiger partial charge is 0.0654 e. The van der Waals surface area contributed by atoms with Crippen LogP contribution in [-0.4, -0.2) is 5.38 Å². The summed E-state index contributed by atoms with van der Waals surface area (Å²) >= 11 is 18.3. The summed E-state index contributed by atoms with van der Waals surface area (Å²) in [4.78, 5) is 0. The standard InChI is InChI=1S/C12H9Cl3/c13-9-6-10(14)12(11(15)7-9)8-4-2-1-3-5-8/h1-6,11H,7H2/t11-/m0/s1. The van der Waals surface area contributed by atoms with Crippen molar-refractivity contribution in [1.82, 2.24) is 0 Å². The molecule has 15 heavy (non-hydrogen) atoms. The van der Waals surface area contributed by atoms with Crippen LogP contribution in [0.1, 0.15) is 12.0 Å². The maximum Gasteiger partial charge on any atom is 0.0654 e.